The van der Waals surface area contributed by atoms with Crippen LogP contribution >= 0.6 is 23.1 Å². The standard InChI is InChI=1S/C25H29N5O2S2/c1-16(2)17-9-11-18(12-10-17)32-14-22-28-29-25(30(22)3)33-15-23(31)27-24-20(13-26)19-7-5-4-6-8-21(19)34-24/h9-12,16H,4-8,14-15H2,1-3H3,(H,27,31). The summed E-state index contributed by atoms with van der Waals surface area (Å²) in [7, 11) is 1.87. The predicted molar refractivity (Wildman–Crippen MR) is 136 cm³/mol. The van der Waals surface area contributed by atoms with Crippen LogP contribution in [0.25, 0.3) is 0 Å². The van der Waals surface area contributed by atoms with Crippen LogP contribution in [0.1, 0.15) is 66.4 Å². The zero-order valence-electron chi connectivity index (χ0n) is 19.8. The SMILES string of the molecule is CC(C)c1ccc(OCc2nnc(SCC(=O)Nc3sc4c(c3C#N)CCCCC4)n2C)cc1. The highest BCUT2D eigenvalue weighted by atomic mass is 32.2. The average Bonchev–Trinajstić information content (AvgIpc) is 3.25. The van der Waals surface area contributed by atoms with E-state index >= 15 is 0 Å². The van der Waals surface area contributed by atoms with E-state index in [4.69, 9.17) is 4.74 Å². The van der Waals surface area contributed by atoms with Crippen LogP contribution in [0.15, 0.2) is 29.4 Å². The van der Waals surface area contributed by atoms with E-state index in [0.29, 0.717) is 34.1 Å². The van der Waals surface area contributed by atoms with Crippen LogP contribution in [0.5, 0.6) is 5.75 Å². The number of thioether (sulfide) groups is 1. The third-order valence-corrected chi connectivity index (χ3v) is 8.19. The largest absolute Gasteiger partial charge is 0.486 e. The van der Waals surface area contributed by atoms with Crippen LogP contribution in [0, 0.1) is 11.3 Å². The van der Waals surface area contributed by atoms with Crippen LogP contribution in [0.4, 0.5) is 5.00 Å². The summed E-state index contributed by atoms with van der Waals surface area (Å²) < 4.78 is 7.70. The fourth-order valence-corrected chi connectivity index (χ4v) is 5.92. The summed E-state index contributed by atoms with van der Waals surface area (Å²) in [5, 5.41) is 22.3. The highest BCUT2D eigenvalue weighted by Gasteiger charge is 2.21. The first-order chi connectivity index (χ1) is 16.5. The number of carbonyl (C=O) groups excluding carboxylic acids is 1. The number of benzene rings is 1. The molecule has 0 fully saturated rings. The van der Waals surface area contributed by atoms with E-state index in [1.54, 1.807) is 11.3 Å². The summed E-state index contributed by atoms with van der Waals surface area (Å²) in [4.78, 5) is 13.9. The quantitative estimate of drug-likeness (QED) is 0.330. The van der Waals surface area contributed by atoms with Gasteiger partial charge in [0.2, 0.25) is 5.91 Å². The van der Waals surface area contributed by atoms with Crippen molar-refractivity contribution in [1.82, 2.24) is 14.8 Å². The minimum absolute atomic E-state index is 0.149. The number of nitrogens with one attached hydrogen (secondary N) is 1. The Kier molecular flexibility index (Phi) is 7.91. The van der Waals surface area contributed by atoms with Gasteiger partial charge in [0, 0.05) is 11.9 Å². The van der Waals surface area contributed by atoms with Crippen molar-refractivity contribution in [1.29, 1.82) is 5.26 Å². The molecule has 0 saturated carbocycles. The molecular formula is C25H29N5O2S2. The van der Waals surface area contributed by atoms with E-state index in [9.17, 15) is 10.1 Å². The molecule has 1 aromatic carbocycles. The molecule has 0 bridgehead atoms. The van der Waals surface area contributed by atoms with E-state index in [0.717, 1.165) is 37.0 Å². The van der Waals surface area contributed by atoms with E-state index in [1.165, 1.54) is 28.6 Å². The lowest BCUT2D eigenvalue weighted by molar-refractivity contribution is -0.113. The summed E-state index contributed by atoms with van der Waals surface area (Å²) in [5.41, 5.74) is 3.03. The molecule has 0 saturated heterocycles. The molecule has 2 aromatic heterocycles. The van der Waals surface area contributed by atoms with Gasteiger partial charge in [-0.25, -0.2) is 0 Å². The number of aryl methyl sites for hydroxylation is 1. The number of anilines is 1. The Morgan fingerprint density at radius 3 is 2.74 bits per heavy atom. The molecule has 1 aliphatic rings. The number of ether oxygens (including phenoxy) is 1. The van der Waals surface area contributed by atoms with E-state index in [2.05, 4.69) is 47.6 Å². The molecule has 0 aliphatic heterocycles. The van der Waals surface area contributed by atoms with Crippen molar-refractivity contribution in [2.24, 2.45) is 7.05 Å². The Morgan fingerprint density at radius 2 is 2.00 bits per heavy atom. The van der Waals surface area contributed by atoms with Crippen molar-refractivity contribution in [3.8, 4) is 11.8 Å². The number of nitriles is 1. The van der Waals surface area contributed by atoms with Gasteiger partial charge < -0.3 is 14.6 Å². The first-order valence-corrected chi connectivity index (χ1v) is 13.3. The Hall–Kier alpha value is -2.83. The van der Waals surface area contributed by atoms with Gasteiger partial charge in [-0.2, -0.15) is 5.26 Å². The second-order valence-corrected chi connectivity index (χ2v) is 10.7. The maximum absolute atomic E-state index is 12.6. The fourth-order valence-electron chi connectivity index (χ4n) is 3.94. The molecule has 1 amide bonds. The van der Waals surface area contributed by atoms with E-state index in [-0.39, 0.29) is 11.7 Å². The van der Waals surface area contributed by atoms with Gasteiger partial charge in [-0.15, -0.1) is 21.5 Å². The van der Waals surface area contributed by atoms with Crippen LogP contribution in [0.2, 0.25) is 0 Å². The monoisotopic (exact) mass is 495 g/mol. The van der Waals surface area contributed by atoms with Gasteiger partial charge >= 0.3 is 0 Å². The fraction of sp³-hybridized carbons (Fsp3) is 0.440. The lowest BCUT2D eigenvalue weighted by atomic mass is 10.0. The maximum atomic E-state index is 12.6. The normalized spacial score (nSPS) is 13.3. The summed E-state index contributed by atoms with van der Waals surface area (Å²) >= 11 is 2.87. The Balaban J connectivity index is 1.32. The number of thiophene rings is 1. The molecule has 9 heteroatoms. The third-order valence-electron chi connectivity index (χ3n) is 5.96. The topological polar surface area (TPSA) is 92.8 Å². The van der Waals surface area contributed by atoms with Gasteiger partial charge in [0.15, 0.2) is 11.0 Å². The van der Waals surface area contributed by atoms with Crippen LogP contribution < -0.4 is 10.1 Å². The summed E-state index contributed by atoms with van der Waals surface area (Å²) in [6.07, 6.45) is 5.35. The first kappa shape index (κ1) is 24.3. The van der Waals surface area contributed by atoms with Crippen LogP contribution in [-0.4, -0.2) is 26.4 Å². The number of rotatable bonds is 8. The van der Waals surface area contributed by atoms with Gasteiger partial charge in [-0.1, -0.05) is 44.2 Å². The van der Waals surface area contributed by atoms with Crippen molar-refractivity contribution < 1.29 is 9.53 Å². The summed E-state index contributed by atoms with van der Waals surface area (Å²) in [6, 6.07) is 10.4. The Bertz CT molecular complexity index is 1190. The first-order valence-electron chi connectivity index (χ1n) is 11.5. The highest BCUT2D eigenvalue weighted by Crippen LogP contribution is 2.37. The maximum Gasteiger partial charge on any atom is 0.235 e. The number of hydrogen-bond donors (Lipinski definition) is 1. The second-order valence-electron chi connectivity index (χ2n) is 8.69. The Morgan fingerprint density at radius 1 is 1.24 bits per heavy atom. The van der Waals surface area contributed by atoms with Crippen molar-refractivity contribution in [3.05, 3.63) is 51.7 Å². The Labute approximate surface area is 208 Å². The lowest BCUT2D eigenvalue weighted by Gasteiger charge is -2.09. The van der Waals surface area contributed by atoms with Gasteiger partial charge in [-0.3, -0.25) is 4.79 Å². The lowest BCUT2D eigenvalue weighted by Crippen LogP contribution is -2.14. The molecule has 3 aromatic rings. The minimum atomic E-state index is -0.149. The zero-order valence-corrected chi connectivity index (χ0v) is 21.4. The number of fused-ring (bicyclic) bond motifs is 1. The number of aromatic nitrogens is 3. The van der Waals surface area contributed by atoms with Crippen molar-refractivity contribution in [3.63, 3.8) is 0 Å². The van der Waals surface area contributed by atoms with Gasteiger partial charge in [0.05, 0.1) is 11.3 Å². The number of nitrogens with zero attached hydrogens (tertiary/aromatic N) is 4. The van der Waals surface area contributed by atoms with E-state index < -0.39 is 0 Å². The predicted octanol–water partition coefficient (Wildman–Crippen LogP) is 5.45. The molecule has 0 radical (unpaired) electrons. The van der Waals surface area contributed by atoms with Crippen LogP contribution in [0.3, 0.4) is 0 Å². The highest BCUT2D eigenvalue weighted by molar-refractivity contribution is 7.99. The zero-order chi connectivity index (χ0) is 24.1. The molecule has 7 nitrogen and oxygen atoms in total. The minimum Gasteiger partial charge on any atom is -0.486 e. The van der Waals surface area contributed by atoms with Crippen molar-refractivity contribution >= 4 is 34.0 Å². The summed E-state index contributed by atoms with van der Waals surface area (Å²) in [6.45, 7) is 4.61. The second kappa shape index (κ2) is 11.1. The molecule has 2 heterocycles. The molecule has 0 spiro atoms. The van der Waals surface area contributed by atoms with Crippen molar-refractivity contribution in [2.45, 2.75) is 63.6 Å². The molecule has 4 rings (SSSR count). The number of hydrogen-bond acceptors (Lipinski definition) is 7. The molecule has 178 valence electrons. The smallest absolute Gasteiger partial charge is 0.235 e. The average molecular weight is 496 g/mol. The number of carbonyl (C=O) groups is 1. The molecule has 0 unspecified atom stereocenters. The molecular weight excluding hydrogens is 466 g/mol. The third kappa shape index (κ3) is 5.62. The van der Waals surface area contributed by atoms with Crippen LogP contribution in [-0.2, 0) is 31.3 Å². The molecule has 1 aliphatic carbocycles. The van der Waals surface area contributed by atoms with E-state index in [1.807, 2.05) is 23.7 Å². The van der Waals surface area contributed by atoms with Gasteiger partial charge in [0.25, 0.3) is 0 Å². The van der Waals surface area contributed by atoms with Gasteiger partial charge in [-0.05, 0) is 54.9 Å². The molecule has 34 heavy (non-hydrogen) atoms. The molecule has 0 atom stereocenters. The number of amides is 1. The van der Waals surface area contributed by atoms with Crippen molar-refractivity contribution in [2.75, 3.05) is 11.1 Å². The molecule has 1 N–H and O–H groups in total. The van der Waals surface area contributed by atoms with Gasteiger partial charge in [0.1, 0.15) is 23.4 Å². The summed E-state index contributed by atoms with van der Waals surface area (Å²) in [5.74, 6) is 1.99.